The number of rotatable bonds is 3. The number of piperazine rings is 1. The molecule has 2 N–H and O–H groups in total. The smallest absolute Gasteiger partial charge is 0.416 e. The van der Waals surface area contributed by atoms with E-state index in [9.17, 15) is 18.0 Å². The number of nitrogens with one attached hydrogen (secondary N) is 2. The molecule has 0 aliphatic carbocycles. The Morgan fingerprint density at radius 3 is 2.71 bits per heavy atom. The van der Waals surface area contributed by atoms with Crippen molar-refractivity contribution in [2.24, 2.45) is 5.92 Å². The third-order valence-electron chi connectivity index (χ3n) is 5.30. The topological polar surface area (TPSA) is 92.3 Å². The molecule has 31 heavy (non-hydrogen) atoms. The number of cyclic esters (lactones) is 1. The summed E-state index contributed by atoms with van der Waals surface area (Å²) in [7, 11) is 0. The van der Waals surface area contributed by atoms with E-state index in [1.54, 1.807) is 0 Å². The predicted molar refractivity (Wildman–Crippen MR) is 108 cm³/mol. The first-order valence-corrected chi connectivity index (χ1v) is 10.0. The maximum atomic E-state index is 13.7. The third kappa shape index (κ3) is 4.27. The predicted octanol–water partition coefficient (Wildman–Crippen LogP) is 3.61. The lowest BCUT2D eigenvalue weighted by molar-refractivity contribution is -0.137. The van der Waals surface area contributed by atoms with Crippen molar-refractivity contribution >= 4 is 17.7 Å². The zero-order chi connectivity index (χ0) is 22.3. The minimum absolute atomic E-state index is 0.0556. The van der Waals surface area contributed by atoms with Crippen LogP contribution in [0.15, 0.2) is 18.5 Å². The number of alkyl halides is 3. The molecule has 4 rings (SSSR count). The van der Waals surface area contributed by atoms with Crippen molar-refractivity contribution in [1.29, 1.82) is 0 Å². The minimum Gasteiger partial charge on any atom is -0.441 e. The fourth-order valence-corrected chi connectivity index (χ4v) is 3.84. The summed E-state index contributed by atoms with van der Waals surface area (Å²) >= 11 is 0. The lowest BCUT2D eigenvalue weighted by atomic mass is 9.95. The van der Waals surface area contributed by atoms with Gasteiger partial charge in [0.05, 0.1) is 16.8 Å². The zero-order valence-electron chi connectivity index (χ0n) is 17.3. The van der Waals surface area contributed by atoms with Crippen LogP contribution in [0, 0.1) is 5.92 Å². The van der Waals surface area contributed by atoms with Gasteiger partial charge in [-0.3, -0.25) is 5.32 Å². The SMILES string of the molecule is CC(C)[C@H]1OC(=O)Nc2ncnc(-c3cc(C(F)(F)F)cc(N4CCN[C@@H](C)C4)n3)c21. The largest absolute Gasteiger partial charge is 0.441 e. The Kier molecular flexibility index (Phi) is 5.46. The van der Waals surface area contributed by atoms with Gasteiger partial charge in [-0.15, -0.1) is 0 Å². The molecule has 0 radical (unpaired) electrons. The molecule has 0 saturated carbocycles. The number of hydrogen-bond donors (Lipinski definition) is 2. The molecule has 2 atom stereocenters. The monoisotopic (exact) mass is 436 g/mol. The van der Waals surface area contributed by atoms with Crippen LogP contribution in [0.3, 0.4) is 0 Å². The molecule has 4 heterocycles. The van der Waals surface area contributed by atoms with Crippen molar-refractivity contribution in [3.8, 4) is 11.4 Å². The first-order chi connectivity index (χ1) is 14.6. The van der Waals surface area contributed by atoms with Crippen LogP contribution < -0.4 is 15.5 Å². The molecule has 2 aromatic rings. The van der Waals surface area contributed by atoms with Gasteiger partial charge in [0.2, 0.25) is 0 Å². The van der Waals surface area contributed by atoms with E-state index in [0.29, 0.717) is 25.2 Å². The Hall–Kier alpha value is -2.95. The van der Waals surface area contributed by atoms with Crippen molar-refractivity contribution in [2.45, 2.75) is 39.1 Å². The van der Waals surface area contributed by atoms with Crippen molar-refractivity contribution in [1.82, 2.24) is 20.3 Å². The van der Waals surface area contributed by atoms with E-state index in [1.807, 2.05) is 25.7 Å². The van der Waals surface area contributed by atoms with Gasteiger partial charge in [0.15, 0.2) is 0 Å². The number of halogens is 3. The number of nitrogens with zero attached hydrogens (tertiary/aromatic N) is 4. The van der Waals surface area contributed by atoms with Gasteiger partial charge in [0, 0.05) is 25.7 Å². The third-order valence-corrected chi connectivity index (χ3v) is 5.30. The number of fused-ring (bicyclic) bond motifs is 1. The summed E-state index contributed by atoms with van der Waals surface area (Å²) in [5, 5.41) is 5.77. The Morgan fingerprint density at radius 2 is 2.03 bits per heavy atom. The fourth-order valence-electron chi connectivity index (χ4n) is 3.84. The number of amides is 1. The van der Waals surface area contributed by atoms with Gasteiger partial charge in [0.1, 0.15) is 29.8 Å². The molecule has 11 heteroatoms. The van der Waals surface area contributed by atoms with E-state index in [2.05, 4.69) is 25.6 Å². The van der Waals surface area contributed by atoms with Crippen LogP contribution in [-0.2, 0) is 10.9 Å². The molecule has 0 spiro atoms. The van der Waals surface area contributed by atoms with Crippen LogP contribution in [0.1, 0.15) is 38.0 Å². The maximum absolute atomic E-state index is 13.7. The number of carbonyl (C=O) groups excluding carboxylic acids is 1. The Morgan fingerprint density at radius 1 is 1.26 bits per heavy atom. The van der Waals surface area contributed by atoms with Crippen molar-refractivity contribution in [3.05, 3.63) is 29.6 Å². The molecule has 2 aliphatic rings. The van der Waals surface area contributed by atoms with E-state index in [-0.39, 0.29) is 35.0 Å². The second kappa shape index (κ2) is 7.95. The summed E-state index contributed by atoms with van der Waals surface area (Å²) < 4.78 is 46.6. The van der Waals surface area contributed by atoms with Crippen molar-refractivity contribution in [2.75, 3.05) is 29.9 Å². The molecule has 1 fully saturated rings. The van der Waals surface area contributed by atoms with Gasteiger partial charge in [0.25, 0.3) is 0 Å². The van der Waals surface area contributed by atoms with Crippen LogP contribution >= 0.6 is 0 Å². The highest BCUT2D eigenvalue weighted by atomic mass is 19.4. The molecular formula is C20H23F3N6O2. The average molecular weight is 436 g/mol. The van der Waals surface area contributed by atoms with Crippen molar-refractivity contribution < 1.29 is 22.7 Å². The standard InChI is InChI=1S/C20H23F3N6O2/c1-10(2)17-15-16(25-9-26-18(15)28-19(30)31-17)13-6-12(20(21,22)23)7-14(27-13)29-5-4-24-11(3)8-29/h6-7,9-11,17,24H,4-5,8H2,1-3H3,(H,25,26,28,30)/t11-,17+/m0/s1. The minimum atomic E-state index is -4.55. The van der Waals surface area contributed by atoms with Gasteiger partial charge >= 0.3 is 12.3 Å². The van der Waals surface area contributed by atoms with Crippen LogP contribution in [0.25, 0.3) is 11.4 Å². The first kappa shape index (κ1) is 21.3. The number of ether oxygens (including phenoxy) is 1. The molecule has 0 bridgehead atoms. The number of aromatic nitrogens is 3. The molecule has 0 unspecified atom stereocenters. The normalized spacial score (nSPS) is 21.5. The molecule has 1 saturated heterocycles. The average Bonchev–Trinajstić information content (AvgIpc) is 2.71. The van der Waals surface area contributed by atoms with Gasteiger partial charge < -0.3 is 15.0 Å². The fraction of sp³-hybridized carbons (Fsp3) is 0.500. The number of carbonyl (C=O) groups is 1. The lowest BCUT2D eigenvalue weighted by Gasteiger charge is -2.33. The Bertz CT molecular complexity index is 997. The summed E-state index contributed by atoms with van der Waals surface area (Å²) in [5.41, 5.74) is -0.129. The van der Waals surface area contributed by atoms with Gasteiger partial charge in [-0.2, -0.15) is 13.2 Å². The van der Waals surface area contributed by atoms with Gasteiger partial charge in [-0.05, 0) is 25.0 Å². The van der Waals surface area contributed by atoms with E-state index in [0.717, 1.165) is 12.1 Å². The van der Waals surface area contributed by atoms with E-state index in [1.165, 1.54) is 6.33 Å². The van der Waals surface area contributed by atoms with Gasteiger partial charge in [-0.1, -0.05) is 13.8 Å². The zero-order valence-corrected chi connectivity index (χ0v) is 17.3. The van der Waals surface area contributed by atoms with Crippen LogP contribution in [0.4, 0.5) is 29.6 Å². The van der Waals surface area contributed by atoms with Crippen LogP contribution in [0.5, 0.6) is 0 Å². The summed E-state index contributed by atoms with van der Waals surface area (Å²) in [6, 6.07) is 2.16. The van der Waals surface area contributed by atoms with E-state index >= 15 is 0 Å². The van der Waals surface area contributed by atoms with Crippen LogP contribution in [-0.4, -0.2) is 46.7 Å². The second-order valence-corrected chi connectivity index (χ2v) is 8.08. The van der Waals surface area contributed by atoms with E-state index in [4.69, 9.17) is 4.74 Å². The molecular weight excluding hydrogens is 413 g/mol. The molecule has 1 amide bonds. The lowest BCUT2D eigenvalue weighted by Crippen LogP contribution is -2.49. The summed E-state index contributed by atoms with van der Waals surface area (Å²) in [4.78, 5) is 26.6. The Labute approximate surface area is 177 Å². The van der Waals surface area contributed by atoms with E-state index < -0.39 is 23.9 Å². The summed E-state index contributed by atoms with van der Waals surface area (Å²) in [5.74, 6) is 0.303. The molecule has 166 valence electrons. The van der Waals surface area contributed by atoms with Crippen LogP contribution in [0.2, 0.25) is 0 Å². The molecule has 2 aliphatic heterocycles. The molecule has 8 nitrogen and oxygen atoms in total. The second-order valence-electron chi connectivity index (χ2n) is 8.08. The summed E-state index contributed by atoms with van der Waals surface area (Å²) in [6.45, 7) is 7.37. The Balaban J connectivity index is 1.88. The quantitative estimate of drug-likeness (QED) is 0.759. The first-order valence-electron chi connectivity index (χ1n) is 10.0. The number of anilines is 2. The molecule has 2 aromatic heterocycles. The highest BCUT2D eigenvalue weighted by Crippen LogP contribution is 2.41. The maximum Gasteiger partial charge on any atom is 0.416 e. The van der Waals surface area contributed by atoms with Crippen molar-refractivity contribution in [3.63, 3.8) is 0 Å². The number of hydrogen-bond acceptors (Lipinski definition) is 7. The number of pyridine rings is 1. The highest BCUT2D eigenvalue weighted by Gasteiger charge is 2.36. The van der Waals surface area contributed by atoms with Gasteiger partial charge in [-0.25, -0.2) is 19.7 Å². The summed E-state index contributed by atoms with van der Waals surface area (Å²) in [6.07, 6.45) is -4.73. The molecule has 0 aromatic carbocycles. The highest BCUT2D eigenvalue weighted by molar-refractivity contribution is 5.88.